The summed E-state index contributed by atoms with van der Waals surface area (Å²) in [6.07, 6.45) is 0. The van der Waals surface area contributed by atoms with E-state index in [-0.39, 0.29) is 21.2 Å². The van der Waals surface area contributed by atoms with Crippen LogP contribution in [0.1, 0.15) is 10.4 Å². The molecule has 0 saturated carbocycles. The van der Waals surface area contributed by atoms with Crippen LogP contribution in [0.4, 0.5) is 5.69 Å². The lowest BCUT2D eigenvalue weighted by Gasteiger charge is -2.08. The van der Waals surface area contributed by atoms with Crippen molar-refractivity contribution in [2.45, 2.75) is 9.79 Å². The van der Waals surface area contributed by atoms with E-state index in [1.165, 1.54) is 0 Å². The molecule has 0 aliphatic rings. The van der Waals surface area contributed by atoms with Crippen LogP contribution in [0.2, 0.25) is 0 Å². The van der Waals surface area contributed by atoms with Crippen molar-refractivity contribution >= 4 is 21.5 Å². The molecule has 9 nitrogen and oxygen atoms in total. The first-order valence-electron chi connectivity index (χ1n) is 6.01. The Balaban J connectivity index is 2.53. The number of nitro benzene ring substituents is 1. The lowest BCUT2D eigenvalue weighted by Crippen LogP contribution is -2.10. The summed E-state index contributed by atoms with van der Waals surface area (Å²) in [4.78, 5) is 24.9. The SMILES string of the molecule is NOc1ccc(S(=O)(=O)c2ccc([N+](=O)[O-])cc2)cc1C(=O)O. The highest BCUT2D eigenvalue weighted by molar-refractivity contribution is 7.91. The number of carboxylic acid groups (broad SMARTS) is 1. The van der Waals surface area contributed by atoms with Gasteiger partial charge in [-0.15, -0.1) is 0 Å². The minimum absolute atomic E-state index is 0.194. The van der Waals surface area contributed by atoms with Crippen molar-refractivity contribution in [3.8, 4) is 5.75 Å². The van der Waals surface area contributed by atoms with Gasteiger partial charge in [-0.3, -0.25) is 10.1 Å². The Labute approximate surface area is 129 Å². The van der Waals surface area contributed by atoms with Crippen molar-refractivity contribution in [3.63, 3.8) is 0 Å². The first-order valence-corrected chi connectivity index (χ1v) is 7.49. The average molecular weight is 338 g/mol. The van der Waals surface area contributed by atoms with Crippen LogP contribution in [0.3, 0.4) is 0 Å². The highest BCUT2D eigenvalue weighted by atomic mass is 32.2. The van der Waals surface area contributed by atoms with Gasteiger partial charge in [0.1, 0.15) is 5.56 Å². The number of carbonyl (C=O) groups is 1. The lowest BCUT2D eigenvalue weighted by molar-refractivity contribution is -0.384. The van der Waals surface area contributed by atoms with Gasteiger partial charge in [-0.05, 0) is 30.3 Å². The normalized spacial score (nSPS) is 11.0. The fourth-order valence-corrected chi connectivity index (χ4v) is 3.12. The van der Waals surface area contributed by atoms with Gasteiger partial charge in [0.2, 0.25) is 9.84 Å². The molecule has 0 heterocycles. The summed E-state index contributed by atoms with van der Waals surface area (Å²) in [5, 5.41) is 19.6. The molecule has 0 fully saturated rings. The summed E-state index contributed by atoms with van der Waals surface area (Å²) in [7, 11) is -4.04. The topological polar surface area (TPSA) is 150 Å². The van der Waals surface area contributed by atoms with Gasteiger partial charge in [0.25, 0.3) is 5.69 Å². The third kappa shape index (κ3) is 3.12. The number of nitro groups is 1. The number of rotatable bonds is 5. The quantitative estimate of drug-likeness (QED) is 0.613. The molecule has 0 unspecified atom stereocenters. The van der Waals surface area contributed by atoms with Crippen molar-refractivity contribution < 1.29 is 28.1 Å². The summed E-state index contributed by atoms with van der Waals surface area (Å²) in [6.45, 7) is 0. The molecule has 0 saturated heterocycles. The van der Waals surface area contributed by atoms with Gasteiger partial charge in [-0.25, -0.2) is 13.2 Å². The number of carboxylic acids is 1. The monoisotopic (exact) mass is 338 g/mol. The molecule has 3 N–H and O–H groups in total. The molecule has 0 bridgehead atoms. The second-order valence-corrected chi connectivity index (χ2v) is 6.29. The third-order valence-corrected chi connectivity index (χ3v) is 4.74. The Kier molecular flexibility index (Phi) is 4.29. The van der Waals surface area contributed by atoms with E-state index in [1.807, 2.05) is 0 Å². The van der Waals surface area contributed by atoms with Gasteiger partial charge in [0, 0.05) is 12.1 Å². The van der Waals surface area contributed by atoms with Gasteiger partial charge >= 0.3 is 5.97 Å². The van der Waals surface area contributed by atoms with Gasteiger partial charge in [-0.2, -0.15) is 5.90 Å². The fraction of sp³-hybridized carbons (Fsp3) is 0. The molecule has 2 aromatic carbocycles. The Hall–Kier alpha value is -2.98. The maximum Gasteiger partial charge on any atom is 0.339 e. The van der Waals surface area contributed by atoms with E-state index in [1.54, 1.807) is 0 Å². The third-order valence-electron chi connectivity index (χ3n) is 2.98. The number of hydrogen-bond donors (Lipinski definition) is 2. The predicted octanol–water partition coefficient (Wildman–Crippen LogP) is 1.38. The van der Waals surface area contributed by atoms with Crippen molar-refractivity contribution in [1.29, 1.82) is 0 Å². The predicted molar refractivity (Wildman–Crippen MR) is 76.8 cm³/mol. The van der Waals surface area contributed by atoms with E-state index < -0.39 is 26.3 Å². The number of nitrogens with zero attached hydrogens (tertiary/aromatic N) is 1. The molecule has 2 aromatic rings. The summed E-state index contributed by atoms with van der Waals surface area (Å²) in [6, 6.07) is 7.38. The van der Waals surface area contributed by atoms with Crippen LogP contribution in [0, 0.1) is 10.1 Å². The summed E-state index contributed by atoms with van der Waals surface area (Å²) >= 11 is 0. The zero-order valence-corrected chi connectivity index (χ0v) is 12.2. The van der Waals surface area contributed by atoms with Crippen LogP contribution in [-0.4, -0.2) is 24.4 Å². The number of aromatic carboxylic acids is 1. The van der Waals surface area contributed by atoms with Crippen LogP contribution in [0.15, 0.2) is 52.3 Å². The van der Waals surface area contributed by atoms with E-state index >= 15 is 0 Å². The summed E-state index contributed by atoms with van der Waals surface area (Å²) in [5.41, 5.74) is -0.683. The maximum absolute atomic E-state index is 12.5. The number of sulfone groups is 1. The Bertz CT molecular complexity index is 876. The van der Waals surface area contributed by atoms with Crippen molar-refractivity contribution in [3.05, 3.63) is 58.1 Å². The lowest BCUT2D eigenvalue weighted by atomic mass is 10.2. The number of nitrogens with two attached hydrogens (primary N) is 1. The highest BCUT2D eigenvalue weighted by Gasteiger charge is 2.22. The number of non-ortho nitro benzene ring substituents is 1. The fourth-order valence-electron chi connectivity index (χ4n) is 1.83. The van der Waals surface area contributed by atoms with Crippen LogP contribution in [0.25, 0.3) is 0 Å². The first-order chi connectivity index (χ1) is 10.8. The molecule has 10 heteroatoms. The number of benzene rings is 2. The summed E-state index contributed by atoms with van der Waals surface area (Å²) in [5.74, 6) is 3.32. The minimum atomic E-state index is -4.04. The van der Waals surface area contributed by atoms with E-state index in [0.717, 1.165) is 42.5 Å². The van der Waals surface area contributed by atoms with Crippen molar-refractivity contribution in [1.82, 2.24) is 0 Å². The highest BCUT2D eigenvalue weighted by Crippen LogP contribution is 2.27. The second-order valence-electron chi connectivity index (χ2n) is 4.34. The Morgan fingerprint density at radius 3 is 2.17 bits per heavy atom. The van der Waals surface area contributed by atoms with Crippen LogP contribution < -0.4 is 10.7 Å². The van der Waals surface area contributed by atoms with Crippen LogP contribution in [-0.2, 0) is 9.84 Å². The molecule has 0 atom stereocenters. The van der Waals surface area contributed by atoms with Gasteiger partial charge in [-0.1, -0.05) is 0 Å². The summed E-state index contributed by atoms with van der Waals surface area (Å²) < 4.78 is 24.9. The Morgan fingerprint density at radius 1 is 1.13 bits per heavy atom. The maximum atomic E-state index is 12.5. The second kappa shape index (κ2) is 6.02. The smallest absolute Gasteiger partial charge is 0.339 e. The molecule has 0 aliphatic carbocycles. The molecule has 0 aliphatic heterocycles. The van der Waals surface area contributed by atoms with E-state index in [4.69, 9.17) is 11.0 Å². The van der Waals surface area contributed by atoms with Crippen molar-refractivity contribution in [2.75, 3.05) is 0 Å². The molecule has 0 aromatic heterocycles. The largest absolute Gasteiger partial charge is 0.478 e. The molecule has 2 rings (SSSR count). The van der Waals surface area contributed by atoms with Gasteiger partial charge in [0.05, 0.1) is 14.7 Å². The molecule has 0 spiro atoms. The molecule has 0 radical (unpaired) electrons. The van der Waals surface area contributed by atoms with E-state index in [2.05, 4.69) is 4.84 Å². The molecule has 120 valence electrons. The Morgan fingerprint density at radius 2 is 1.70 bits per heavy atom. The molecular weight excluding hydrogens is 328 g/mol. The minimum Gasteiger partial charge on any atom is -0.478 e. The molecule has 0 amide bonds. The van der Waals surface area contributed by atoms with Crippen molar-refractivity contribution in [2.24, 2.45) is 5.90 Å². The van der Waals surface area contributed by atoms with Crippen LogP contribution in [0.5, 0.6) is 5.75 Å². The molecular formula is C13H10N2O7S. The van der Waals surface area contributed by atoms with Gasteiger partial charge < -0.3 is 9.94 Å². The first kappa shape index (κ1) is 16.4. The number of hydrogen-bond acceptors (Lipinski definition) is 7. The molecule has 23 heavy (non-hydrogen) atoms. The standard InChI is InChI=1S/C13H10N2O7S/c14-22-12-6-5-10(7-11(12)13(16)17)23(20,21)9-3-1-8(2-4-9)15(18)19/h1-7H,14H2,(H,16,17). The zero-order valence-electron chi connectivity index (χ0n) is 11.4. The van der Waals surface area contributed by atoms with E-state index in [0.29, 0.717) is 0 Å². The van der Waals surface area contributed by atoms with Gasteiger partial charge in [0.15, 0.2) is 5.75 Å². The van der Waals surface area contributed by atoms with E-state index in [9.17, 15) is 23.3 Å². The zero-order chi connectivity index (χ0) is 17.2. The van der Waals surface area contributed by atoms with Crippen LogP contribution >= 0.6 is 0 Å². The average Bonchev–Trinajstić information content (AvgIpc) is 2.54.